The van der Waals surface area contributed by atoms with Crippen LogP contribution in [0.25, 0.3) is 10.4 Å². The fourth-order valence-corrected chi connectivity index (χ4v) is 4.25. The predicted molar refractivity (Wildman–Crippen MR) is 87.3 cm³/mol. The van der Waals surface area contributed by atoms with Crippen LogP contribution in [-0.4, -0.2) is 27.8 Å². The molecule has 0 aliphatic rings. The van der Waals surface area contributed by atoms with E-state index in [1.807, 2.05) is 30.3 Å². The Hall–Kier alpha value is -2.30. The summed E-state index contributed by atoms with van der Waals surface area (Å²) < 4.78 is 33.1. The highest BCUT2D eigenvalue weighted by Gasteiger charge is 2.26. The van der Waals surface area contributed by atoms with Crippen molar-refractivity contribution in [1.82, 2.24) is 19.4 Å². The van der Waals surface area contributed by atoms with Crippen molar-refractivity contribution in [2.45, 2.75) is 11.6 Å². The summed E-state index contributed by atoms with van der Waals surface area (Å²) in [6.45, 7) is 0.173. The van der Waals surface area contributed by atoms with Gasteiger partial charge in [0.05, 0.1) is 11.1 Å². The molecule has 0 spiro atoms. The molecule has 120 valence electrons. The maximum atomic E-state index is 12.7. The molecule has 23 heavy (non-hydrogen) atoms. The maximum absolute atomic E-state index is 12.7. The molecule has 0 aliphatic heterocycles. The molecule has 0 bridgehead atoms. The summed E-state index contributed by atoms with van der Waals surface area (Å²) in [5, 5.41) is 7.68. The minimum absolute atomic E-state index is 0.113. The van der Waals surface area contributed by atoms with Crippen LogP contribution >= 0.6 is 11.5 Å². The zero-order valence-corrected chi connectivity index (χ0v) is 13.8. The molecule has 2 aromatic heterocycles. The van der Waals surface area contributed by atoms with Crippen molar-refractivity contribution in [3.63, 3.8) is 0 Å². The molecule has 0 fully saturated rings. The molecular weight excluding hydrogens is 336 g/mol. The SMILES string of the molecule is Cn1ncc(CN)c1NS(=O)(=O)c1nnsc1-c1ccccc1. The molecule has 3 rings (SSSR count). The van der Waals surface area contributed by atoms with Crippen LogP contribution in [0, 0.1) is 0 Å². The van der Waals surface area contributed by atoms with Gasteiger partial charge in [0.1, 0.15) is 5.82 Å². The Morgan fingerprint density at radius 1 is 1.30 bits per heavy atom. The highest BCUT2D eigenvalue weighted by Crippen LogP contribution is 2.30. The Bertz CT molecular complexity index is 917. The number of aromatic nitrogens is 4. The molecule has 3 aromatic rings. The number of nitrogens with two attached hydrogens (primary N) is 1. The number of nitrogens with one attached hydrogen (secondary N) is 1. The summed E-state index contributed by atoms with van der Waals surface area (Å²) in [6.07, 6.45) is 1.52. The zero-order valence-electron chi connectivity index (χ0n) is 12.2. The molecule has 1 aromatic carbocycles. The van der Waals surface area contributed by atoms with Gasteiger partial charge in [0.2, 0.25) is 5.03 Å². The van der Waals surface area contributed by atoms with Crippen LogP contribution in [0.1, 0.15) is 5.56 Å². The Labute approximate surface area is 137 Å². The third kappa shape index (κ3) is 2.96. The van der Waals surface area contributed by atoms with E-state index in [0.717, 1.165) is 17.1 Å². The van der Waals surface area contributed by atoms with Gasteiger partial charge in [0, 0.05) is 19.2 Å². The number of benzene rings is 1. The van der Waals surface area contributed by atoms with E-state index < -0.39 is 10.0 Å². The largest absolute Gasteiger partial charge is 0.326 e. The molecule has 8 nitrogen and oxygen atoms in total. The highest BCUT2D eigenvalue weighted by atomic mass is 32.2. The second-order valence-corrected chi connectivity index (χ2v) is 7.08. The molecular formula is C13H14N6O2S2. The molecule has 0 atom stereocenters. The summed E-state index contributed by atoms with van der Waals surface area (Å²) in [4.78, 5) is 0.481. The van der Waals surface area contributed by atoms with Crippen molar-refractivity contribution < 1.29 is 8.42 Å². The standard InChI is InChI=1S/C13H14N6O2S2/c1-19-12(10(7-14)8-15-19)17-23(20,21)13-11(22-18-16-13)9-5-3-2-4-6-9/h2-6,8,17H,7,14H2,1H3. The molecule has 0 saturated carbocycles. The van der Waals surface area contributed by atoms with E-state index in [-0.39, 0.29) is 11.6 Å². The van der Waals surface area contributed by atoms with Gasteiger partial charge in [0.15, 0.2) is 0 Å². The minimum atomic E-state index is -3.90. The average Bonchev–Trinajstić information content (AvgIpc) is 3.16. The van der Waals surface area contributed by atoms with Gasteiger partial charge >= 0.3 is 0 Å². The van der Waals surface area contributed by atoms with E-state index in [1.54, 1.807) is 7.05 Å². The molecule has 0 amide bonds. The average molecular weight is 350 g/mol. The molecule has 10 heteroatoms. The Balaban J connectivity index is 2.02. The van der Waals surface area contributed by atoms with Gasteiger partial charge in [-0.05, 0) is 17.1 Å². The first-order chi connectivity index (χ1) is 11.0. The van der Waals surface area contributed by atoms with Crippen molar-refractivity contribution >= 4 is 27.4 Å². The number of sulfonamides is 1. The number of aryl methyl sites for hydroxylation is 1. The van der Waals surface area contributed by atoms with E-state index in [9.17, 15) is 8.42 Å². The van der Waals surface area contributed by atoms with Crippen molar-refractivity contribution in [3.8, 4) is 10.4 Å². The highest BCUT2D eigenvalue weighted by molar-refractivity contribution is 7.92. The lowest BCUT2D eigenvalue weighted by atomic mass is 10.2. The summed E-state index contributed by atoms with van der Waals surface area (Å²) >= 11 is 1.03. The van der Waals surface area contributed by atoms with Gasteiger partial charge in [-0.1, -0.05) is 34.8 Å². The molecule has 0 saturated heterocycles. The van der Waals surface area contributed by atoms with Crippen molar-refractivity contribution in [2.24, 2.45) is 12.8 Å². The summed E-state index contributed by atoms with van der Waals surface area (Å²) in [6, 6.07) is 9.12. The van der Waals surface area contributed by atoms with Gasteiger partial charge in [0.25, 0.3) is 10.0 Å². The van der Waals surface area contributed by atoms with Crippen LogP contribution in [-0.2, 0) is 23.6 Å². The fourth-order valence-electron chi connectivity index (χ4n) is 2.06. The van der Waals surface area contributed by atoms with Crippen molar-refractivity contribution in [2.75, 3.05) is 4.72 Å². The normalized spacial score (nSPS) is 11.6. The fraction of sp³-hybridized carbons (Fsp3) is 0.154. The molecule has 2 heterocycles. The smallest absolute Gasteiger partial charge is 0.283 e. The first-order valence-electron chi connectivity index (χ1n) is 6.64. The van der Waals surface area contributed by atoms with Crippen LogP contribution < -0.4 is 10.5 Å². The molecule has 3 N–H and O–H groups in total. The Morgan fingerprint density at radius 2 is 2.04 bits per heavy atom. The van der Waals surface area contributed by atoms with E-state index in [0.29, 0.717) is 16.3 Å². The van der Waals surface area contributed by atoms with Crippen LogP contribution in [0.15, 0.2) is 41.6 Å². The lowest BCUT2D eigenvalue weighted by Crippen LogP contribution is -2.18. The topological polar surface area (TPSA) is 116 Å². The summed E-state index contributed by atoms with van der Waals surface area (Å²) in [5.41, 5.74) is 6.95. The second kappa shape index (κ2) is 6.07. The maximum Gasteiger partial charge on any atom is 0.283 e. The van der Waals surface area contributed by atoms with Crippen LogP contribution in [0.2, 0.25) is 0 Å². The second-order valence-electron chi connectivity index (χ2n) is 4.72. The molecule has 0 unspecified atom stereocenters. The van der Waals surface area contributed by atoms with Crippen LogP contribution in [0.3, 0.4) is 0 Å². The third-order valence-electron chi connectivity index (χ3n) is 3.21. The van der Waals surface area contributed by atoms with E-state index in [4.69, 9.17) is 5.73 Å². The molecule has 0 aliphatic carbocycles. The van der Waals surface area contributed by atoms with Gasteiger partial charge in [-0.15, -0.1) is 5.10 Å². The van der Waals surface area contributed by atoms with Gasteiger partial charge in [-0.2, -0.15) is 13.5 Å². The number of nitrogens with zero attached hydrogens (tertiary/aromatic N) is 4. The van der Waals surface area contributed by atoms with Gasteiger partial charge in [-0.3, -0.25) is 9.40 Å². The van der Waals surface area contributed by atoms with Crippen molar-refractivity contribution in [1.29, 1.82) is 0 Å². The Morgan fingerprint density at radius 3 is 2.74 bits per heavy atom. The minimum Gasteiger partial charge on any atom is -0.326 e. The third-order valence-corrected chi connectivity index (χ3v) is 5.38. The first kappa shape index (κ1) is 15.6. The number of hydrogen-bond donors (Lipinski definition) is 2. The lowest BCUT2D eigenvalue weighted by molar-refractivity contribution is 0.596. The van der Waals surface area contributed by atoms with Crippen molar-refractivity contribution in [3.05, 3.63) is 42.1 Å². The quantitative estimate of drug-likeness (QED) is 0.714. The van der Waals surface area contributed by atoms with Crippen LogP contribution in [0.4, 0.5) is 5.82 Å². The summed E-state index contributed by atoms with van der Waals surface area (Å²) in [7, 11) is -2.27. The predicted octanol–water partition coefficient (Wildman–Crippen LogP) is 1.20. The molecule has 0 radical (unpaired) electrons. The number of hydrogen-bond acceptors (Lipinski definition) is 7. The number of anilines is 1. The van der Waals surface area contributed by atoms with Crippen LogP contribution in [0.5, 0.6) is 0 Å². The lowest BCUT2D eigenvalue weighted by Gasteiger charge is -2.09. The first-order valence-corrected chi connectivity index (χ1v) is 8.90. The van der Waals surface area contributed by atoms with E-state index in [2.05, 4.69) is 19.4 Å². The Kier molecular flexibility index (Phi) is 4.11. The van der Waals surface area contributed by atoms with E-state index in [1.165, 1.54) is 10.9 Å². The summed E-state index contributed by atoms with van der Waals surface area (Å²) in [5.74, 6) is 0.319. The van der Waals surface area contributed by atoms with Gasteiger partial charge in [-0.25, -0.2) is 0 Å². The monoisotopic (exact) mass is 350 g/mol. The number of rotatable bonds is 5. The van der Waals surface area contributed by atoms with Gasteiger partial charge < -0.3 is 5.73 Å². The van der Waals surface area contributed by atoms with E-state index >= 15 is 0 Å². The zero-order chi connectivity index (χ0) is 16.4.